The van der Waals surface area contributed by atoms with Gasteiger partial charge in [-0.15, -0.1) is 0 Å². The van der Waals surface area contributed by atoms with Crippen molar-refractivity contribution in [3.8, 4) is 0 Å². The van der Waals surface area contributed by atoms with Crippen LogP contribution in [0.5, 0.6) is 0 Å². The third-order valence-corrected chi connectivity index (χ3v) is 8.91. The smallest absolute Gasteiger partial charge is 0.272 e. The van der Waals surface area contributed by atoms with Gasteiger partial charge in [-0.25, -0.2) is 13.8 Å². The number of rotatable bonds is 6. The number of likely N-dealkylation sites (tertiary alicyclic amines) is 1. The second kappa shape index (κ2) is 9.84. The lowest BCUT2D eigenvalue weighted by atomic mass is 9.90. The van der Waals surface area contributed by atoms with Crippen LogP contribution in [-0.4, -0.2) is 83.2 Å². The molecule has 5 heterocycles. The number of halogens is 2. The van der Waals surface area contributed by atoms with Gasteiger partial charge in [-0.2, -0.15) is 0 Å². The SMILES string of the molecule is Cc1nc2cc(N3CCO[C@@H](C(C)N4CC(F)(F)C4)C3)ccc2c(=O)n1CCc1cnc2c(c1)N(C)C(=O)C2(C)C. The van der Waals surface area contributed by atoms with Gasteiger partial charge in [-0.05, 0) is 63.9 Å². The summed E-state index contributed by atoms with van der Waals surface area (Å²) in [6.07, 6.45) is 2.18. The van der Waals surface area contributed by atoms with Crippen LogP contribution in [0.25, 0.3) is 10.9 Å². The number of fused-ring (bicyclic) bond motifs is 2. The van der Waals surface area contributed by atoms with Crippen molar-refractivity contribution in [3.63, 3.8) is 0 Å². The zero-order valence-electron chi connectivity index (χ0n) is 24.2. The maximum absolute atomic E-state index is 13.5. The molecule has 2 aromatic heterocycles. The number of morpholine rings is 1. The van der Waals surface area contributed by atoms with Crippen molar-refractivity contribution in [2.24, 2.45) is 0 Å². The van der Waals surface area contributed by atoms with E-state index in [0.717, 1.165) is 22.6 Å². The second-order valence-electron chi connectivity index (χ2n) is 12.1. The fourth-order valence-corrected chi connectivity index (χ4v) is 6.29. The summed E-state index contributed by atoms with van der Waals surface area (Å²) in [7, 11) is 1.77. The van der Waals surface area contributed by atoms with E-state index in [-0.39, 0.29) is 36.7 Å². The number of carbonyl (C=O) groups is 1. The molecule has 0 saturated carbocycles. The summed E-state index contributed by atoms with van der Waals surface area (Å²) in [5.74, 6) is -1.97. The molecule has 1 unspecified atom stereocenters. The number of ether oxygens (including phenoxy) is 1. The van der Waals surface area contributed by atoms with Crippen LogP contribution in [0.3, 0.4) is 0 Å². The van der Waals surface area contributed by atoms with Crippen LogP contribution in [0.1, 0.15) is 37.9 Å². The predicted molar refractivity (Wildman–Crippen MR) is 153 cm³/mol. The molecule has 41 heavy (non-hydrogen) atoms. The minimum Gasteiger partial charge on any atom is -0.373 e. The predicted octanol–water partition coefficient (Wildman–Crippen LogP) is 3.14. The Balaban J connectivity index is 1.18. The van der Waals surface area contributed by atoms with E-state index in [1.165, 1.54) is 0 Å². The van der Waals surface area contributed by atoms with Crippen molar-refractivity contribution in [3.05, 3.63) is 57.9 Å². The van der Waals surface area contributed by atoms with Crippen molar-refractivity contribution in [1.29, 1.82) is 0 Å². The molecule has 0 aliphatic carbocycles. The number of carbonyl (C=O) groups excluding carboxylic acids is 1. The molecule has 2 atom stereocenters. The quantitative estimate of drug-likeness (QED) is 0.453. The minimum atomic E-state index is -2.61. The third kappa shape index (κ3) is 4.78. The van der Waals surface area contributed by atoms with Crippen LogP contribution in [-0.2, 0) is 27.9 Å². The summed E-state index contributed by atoms with van der Waals surface area (Å²) in [5, 5.41) is 0.541. The lowest BCUT2D eigenvalue weighted by molar-refractivity contribution is -0.162. The van der Waals surface area contributed by atoms with E-state index >= 15 is 0 Å². The number of likely N-dealkylation sites (N-methyl/N-ethyl adjacent to an activating group) is 1. The molecule has 3 aliphatic heterocycles. The fourth-order valence-electron chi connectivity index (χ4n) is 6.29. The Morgan fingerprint density at radius 3 is 2.66 bits per heavy atom. The van der Waals surface area contributed by atoms with Crippen molar-refractivity contribution >= 4 is 28.2 Å². The molecule has 0 bridgehead atoms. The molecule has 1 amide bonds. The summed E-state index contributed by atoms with van der Waals surface area (Å²) in [4.78, 5) is 41.1. The number of anilines is 2. The Bertz CT molecular complexity index is 1580. The first-order chi connectivity index (χ1) is 19.4. The van der Waals surface area contributed by atoms with E-state index in [1.54, 1.807) is 27.6 Å². The topological polar surface area (TPSA) is 83.8 Å². The van der Waals surface area contributed by atoms with Gasteiger partial charge in [0.15, 0.2) is 0 Å². The summed E-state index contributed by atoms with van der Waals surface area (Å²) in [5.41, 5.74) is 3.34. The lowest BCUT2D eigenvalue weighted by Gasteiger charge is -2.47. The molecule has 6 rings (SSSR count). The number of alkyl halides is 2. The summed E-state index contributed by atoms with van der Waals surface area (Å²) in [6, 6.07) is 7.55. The van der Waals surface area contributed by atoms with E-state index in [9.17, 15) is 18.4 Å². The minimum absolute atomic E-state index is 0.0187. The highest BCUT2D eigenvalue weighted by molar-refractivity contribution is 6.06. The summed E-state index contributed by atoms with van der Waals surface area (Å²) in [6.45, 7) is 9.29. The molecule has 2 fully saturated rings. The zero-order valence-corrected chi connectivity index (χ0v) is 24.2. The van der Waals surface area contributed by atoms with E-state index in [1.807, 2.05) is 52.0 Å². The van der Waals surface area contributed by atoms with Gasteiger partial charge in [0, 0.05) is 44.6 Å². The number of benzene rings is 1. The Hall–Kier alpha value is -3.44. The second-order valence-corrected chi connectivity index (χ2v) is 12.1. The number of nitrogens with zero attached hydrogens (tertiary/aromatic N) is 6. The van der Waals surface area contributed by atoms with Gasteiger partial charge in [0.1, 0.15) is 5.82 Å². The molecule has 3 aliphatic rings. The maximum Gasteiger partial charge on any atom is 0.272 e. The van der Waals surface area contributed by atoms with Gasteiger partial charge in [0.2, 0.25) is 5.91 Å². The molecule has 218 valence electrons. The number of aryl methyl sites for hydroxylation is 2. The maximum atomic E-state index is 13.5. The van der Waals surface area contributed by atoms with Crippen molar-refractivity contribution in [2.75, 3.05) is 49.6 Å². The average Bonchev–Trinajstić information content (AvgIpc) is 3.10. The molecule has 0 radical (unpaired) electrons. The Labute approximate surface area is 237 Å². The van der Waals surface area contributed by atoms with Gasteiger partial charge >= 0.3 is 0 Å². The zero-order chi connectivity index (χ0) is 29.3. The van der Waals surface area contributed by atoms with Crippen molar-refractivity contribution in [1.82, 2.24) is 19.4 Å². The Morgan fingerprint density at radius 2 is 1.93 bits per heavy atom. The molecule has 3 aromatic rings. The Morgan fingerprint density at radius 1 is 1.17 bits per heavy atom. The van der Waals surface area contributed by atoms with Crippen LogP contribution in [0.15, 0.2) is 35.3 Å². The first-order valence-electron chi connectivity index (χ1n) is 14.1. The number of hydrogen-bond acceptors (Lipinski definition) is 7. The van der Waals surface area contributed by atoms with Gasteiger partial charge in [-0.1, -0.05) is 0 Å². The van der Waals surface area contributed by atoms with Crippen LogP contribution in [0.4, 0.5) is 20.2 Å². The molecule has 0 N–H and O–H groups in total. The van der Waals surface area contributed by atoms with Crippen LogP contribution in [0.2, 0.25) is 0 Å². The molecule has 11 heteroatoms. The van der Waals surface area contributed by atoms with Crippen LogP contribution in [0, 0.1) is 6.92 Å². The normalized spacial score (nSPS) is 22.6. The highest BCUT2D eigenvalue weighted by Crippen LogP contribution is 2.39. The highest BCUT2D eigenvalue weighted by Gasteiger charge is 2.48. The van der Waals surface area contributed by atoms with Crippen molar-refractivity contribution < 1.29 is 18.3 Å². The average molecular weight is 567 g/mol. The van der Waals surface area contributed by atoms with E-state index < -0.39 is 11.3 Å². The number of aromatic nitrogens is 3. The number of pyridine rings is 1. The first kappa shape index (κ1) is 27.7. The molecule has 2 saturated heterocycles. The van der Waals surface area contributed by atoms with E-state index in [0.29, 0.717) is 49.4 Å². The number of hydrogen-bond donors (Lipinski definition) is 0. The summed E-state index contributed by atoms with van der Waals surface area (Å²) < 4.78 is 34.4. The molecule has 0 spiro atoms. The van der Waals surface area contributed by atoms with Gasteiger partial charge in [0.05, 0.1) is 53.5 Å². The van der Waals surface area contributed by atoms with Crippen LogP contribution >= 0.6 is 0 Å². The third-order valence-electron chi connectivity index (χ3n) is 8.91. The Kier molecular flexibility index (Phi) is 6.65. The van der Waals surface area contributed by atoms with Crippen LogP contribution < -0.4 is 15.4 Å². The molecular formula is C30H36F2N6O3. The van der Waals surface area contributed by atoms with E-state index in [4.69, 9.17) is 9.72 Å². The largest absolute Gasteiger partial charge is 0.373 e. The first-order valence-corrected chi connectivity index (χ1v) is 14.1. The van der Waals surface area contributed by atoms with Gasteiger partial charge < -0.3 is 14.5 Å². The monoisotopic (exact) mass is 566 g/mol. The van der Waals surface area contributed by atoms with E-state index in [2.05, 4.69) is 9.88 Å². The molecule has 9 nitrogen and oxygen atoms in total. The standard InChI is InChI=1S/C30H36F2N6O3/c1-18(37-16-30(31,32)17-37)25-15-36(10-11-41-25)21-6-7-22-23(13-21)34-19(2)38(27(22)39)9-8-20-12-24-26(33-14-20)29(3,4)28(40)35(24)5/h6-7,12-14,18,25H,8-11,15-17H2,1-5H3/t18?,25-/m1/s1. The van der Waals surface area contributed by atoms with Gasteiger partial charge in [0.25, 0.3) is 11.5 Å². The molecule has 1 aromatic carbocycles. The lowest BCUT2D eigenvalue weighted by Crippen LogP contribution is -2.64. The number of amides is 1. The van der Waals surface area contributed by atoms with Gasteiger partial charge in [-0.3, -0.25) is 24.0 Å². The van der Waals surface area contributed by atoms with Crippen molar-refractivity contribution in [2.45, 2.75) is 64.1 Å². The highest BCUT2D eigenvalue weighted by atomic mass is 19.3. The summed E-state index contributed by atoms with van der Waals surface area (Å²) >= 11 is 0. The fraction of sp³-hybridized carbons (Fsp3) is 0.533. The molecular weight excluding hydrogens is 530 g/mol.